The number of hydrogen-bond donors (Lipinski definition) is 3. The molecular formula is C10H17N5. The van der Waals surface area contributed by atoms with E-state index in [-0.39, 0.29) is 6.04 Å². The summed E-state index contributed by atoms with van der Waals surface area (Å²) in [7, 11) is 0. The highest BCUT2D eigenvalue weighted by atomic mass is 15.1. The Morgan fingerprint density at radius 1 is 1.53 bits per heavy atom. The smallest absolute Gasteiger partial charge is 0.131 e. The molecule has 5 nitrogen and oxygen atoms in total. The molecule has 0 fully saturated rings. The number of rotatable bonds is 6. The summed E-state index contributed by atoms with van der Waals surface area (Å²) in [5.41, 5.74) is 5.50. The van der Waals surface area contributed by atoms with Gasteiger partial charge in [-0.2, -0.15) is 0 Å². The quantitative estimate of drug-likeness (QED) is 0.602. The molecule has 0 aliphatic heterocycles. The van der Waals surface area contributed by atoms with E-state index in [2.05, 4.69) is 27.2 Å². The Labute approximate surface area is 89.8 Å². The Morgan fingerprint density at radius 2 is 2.27 bits per heavy atom. The van der Waals surface area contributed by atoms with E-state index in [1.807, 2.05) is 13.0 Å². The molecule has 1 aromatic heterocycles. The maximum Gasteiger partial charge on any atom is 0.131 e. The van der Waals surface area contributed by atoms with Crippen molar-refractivity contribution in [1.82, 2.24) is 9.97 Å². The number of nitrogens with zero attached hydrogens (tertiary/aromatic N) is 2. The van der Waals surface area contributed by atoms with Gasteiger partial charge in [0.1, 0.15) is 18.0 Å². The second kappa shape index (κ2) is 5.98. The highest BCUT2D eigenvalue weighted by Gasteiger charge is 2.01. The first kappa shape index (κ1) is 11.5. The van der Waals surface area contributed by atoms with Gasteiger partial charge in [0.05, 0.1) is 0 Å². The summed E-state index contributed by atoms with van der Waals surface area (Å²) < 4.78 is 0. The van der Waals surface area contributed by atoms with Crippen LogP contribution in [0.3, 0.4) is 0 Å². The highest BCUT2D eigenvalue weighted by Crippen LogP contribution is 2.08. The molecule has 0 aliphatic carbocycles. The predicted octanol–water partition coefficient (Wildman–Crippen LogP) is 0.834. The molecule has 1 aromatic rings. The molecule has 1 unspecified atom stereocenters. The minimum atomic E-state index is 0.201. The van der Waals surface area contributed by atoms with Crippen LogP contribution in [0.25, 0.3) is 0 Å². The Morgan fingerprint density at radius 3 is 2.93 bits per heavy atom. The monoisotopic (exact) mass is 207 g/mol. The van der Waals surface area contributed by atoms with Crippen molar-refractivity contribution in [3.8, 4) is 0 Å². The maximum absolute atomic E-state index is 5.50. The first-order valence-electron chi connectivity index (χ1n) is 4.89. The minimum Gasteiger partial charge on any atom is -0.366 e. The van der Waals surface area contributed by atoms with E-state index in [9.17, 15) is 0 Å². The Kier molecular flexibility index (Phi) is 4.56. The van der Waals surface area contributed by atoms with Crippen molar-refractivity contribution >= 4 is 11.6 Å². The molecule has 1 atom stereocenters. The fraction of sp³-hybridized carbons (Fsp3) is 0.400. The number of hydrogen-bond acceptors (Lipinski definition) is 5. The van der Waals surface area contributed by atoms with Gasteiger partial charge in [-0.1, -0.05) is 6.08 Å². The standard InChI is InChI=1S/C10H17N5/c1-3-4-12-9-5-10(14-7-13-9)15-8(2)6-11/h3,5,7-8H,1,4,6,11H2,2H3,(H2,12,13,14,15). The van der Waals surface area contributed by atoms with Crippen molar-refractivity contribution in [2.75, 3.05) is 23.7 Å². The van der Waals surface area contributed by atoms with Crippen molar-refractivity contribution < 1.29 is 0 Å². The van der Waals surface area contributed by atoms with Gasteiger partial charge in [0.25, 0.3) is 0 Å². The normalized spacial score (nSPS) is 11.9. The number of aromatic nitrogens is 2. The lowest BCUT2D eigenvalue weighted by Gasteiger charge is -2.12. The summed E-state index contributed by atoms with van der Waals surface area (Å²) in [6.07, 6.45) is 3.29. The molecule has 0 bridgehead atoms. The van der Waals surface area contributed by atoms with Crippen molar-refractivity contribution in [2.24, 2.45) is 5.73 Å². The van der Waals surface area contributed by atoms with Gasteiger partial charge < -0.3 is 16.4 Å². The topological polar surface area (TPSA) is 75.9 Å². The number of nitrogens with two attached hydrogens (primary N) is 1. The van der Waals surface area contributed by atoms with Crippen LogP contribution in [0.2, 0.25) is 0 Å². The summed E-state index contributed by atoms with van der Waals surface area (Å²) in [5, 5.41) is 6.25. The fourth-order valence-electron chi connectivity index (χ4n) is 1.02. The second-order valence-electron chi connectivity index (χ2n) is 3.24. The molecule has 0 aliphatic rings. The largest absolute Gasteiger partial charge is 0.366 e. The van der Waals surface area contributed by atoms with Crippen LogP contribution < -0.4 is 16.4 Å². The van der Waals surface area contributed by atoms with Crippen molar-refractivity contribution in [3.05, 3.63) is 25.0 Å². The van der Waals surface area contributed by atoms with Gasteiger partial charge in [-0.25, -0.2) is 9.97 Å². The average molecular weight is 207 g/mol. The van der Waals surface area contributed by atoms with Crippen LogP contribution in [0.15, 0.2) is 25.0 Å². The van der Waals surface area contributed by atoms with Crippen LogP contribution in [0.4, 0.5) is 11.6 Å². The maximum atomic E-state index is 5.50. The molecule has 15 heavy (non-hydrogen) atoms. The molecule has 1 rings (SSSR count). The van der Waals surface area contributed by atoms with Crippen molar-refractivity contribution in [2.45, 2.75) is 13.0 Å². The highest BCUT2D eigenvalue weighted by molar-refractivity contribution is 5.47. The SMILES string of the molecule is C=CCNc1cc(NC(C)CN)ncn1. The third-order valence-electron chi connectivity index (χ3n) is 1.84. The Bertz CT molecular complexity index is 312. The molecule has 0 saturated carbocycles. The van der Waals surface area contributed by atoms with E-state index in [0.29, 0.717) is 13.1 Å². The first-order chi connectivity index (χ1) is 7.26. The van der Waals surface area contributed by atoms with Crippen LogP contribution in [-0.4, -0.2) is 29.1 Å². The van der Waals surface area contributed by atoms with Gasteiger partial charge in [0.15, 0.2) is 0 Å². The third-order valence-corrected chi connectivity index (χ3v) is 1.84. The third kappa shape index (κ3) is 3.95. The van der Waals surface area contributed by atoms with Crippen LogP contribution >= 0.6 is 0 Å². The van der Waals surface area contributed by atoms with Crippen molar-refractivity contribution in [3.63, 3.8) is 0 Å². The summed E-state index contributed by atoms with van der Waals surface area (Å²) in [6.45, 7) is 6.87. The fourth-order valence-corrected chi connectivity index (χ4v) is 1.02. The van der Waals surface area contributed by atoms with Crippen LogP contribution in [0.5, 0.6) is 0 Å². The van der Waals surface area contributed by atoms with E-state index in [4.69, 9.17) is 5.73 Å². The number of anilines is 2. The van der Waals surface area contributed by atoms with E-state index >= 15 is 0 Å². The molecule has 4 N–H and O–H groups in total. The van der Waals surface area contributed by atoms with E-state index in [1.54, 1.807) is 6.08 Å². The summed E-state index contributed by atoms with van der Waals surface area (Å²) in [5.74, 6) is 1.55. The summed E-state index contributed by atoms with van der Waals surface area (Å²) in [4.78, 5) is 8.16. The van der Waals surface area contributed by atoms with Gasteiger partial charge in [-0.15, -0.1) is 6.58 Å². The Balaban J connectivity index is 2.61. The van der Waals surface area contributed by atoms with Crippen LogP contribution in [-0.2, 0) is 0 Å². The molecule has 5 heteroatoms. The van der Waals surface area contributed by atoms with E-state index in [1.165, 1.54) is 6.33 Å². The van der Waals surface area contributed by atoms with Gasteiger partial charge in [0.2, 0.25) is 0 Å². The zero-order chi connectivity index (χ0) is 11.1. The first-order valence-corrected chi connectivity index (χ1v) is 4.89. The zero-order valence-corrected chi connectivity index (χ0v) is 8.90. The molecule has 0 saturated heterocycles. The predicted molar refractivity (Wildman–Crippen MR) is 62.9 cm³/mol. The molecule has 1 heterocycles. The van der Waals surface area contributed by atoms with Crippen LogP contribution in [0.1, 0.15) is 6.92 Å². The summed E-state index contributed by atoms with van der Waals surface area (Å²) >= 11 is 0. The lowest BCUT2D eigenvalue weighted by atomic mass is 10.3. The summed E-state index contributed by atoms with van der Waals surface area (Å²) in [6, 6.07) is 2.04. The lowest BCUT2D eigenvalue weighted by Crippen LogP contribution is -2.25. The van der Waals surface area contributed by atoms with Gasteiger partial charge in [-0.3, -0.25) is 0 Å². The molecular weight excluding hydrogens is 190 g/mol. The van der Waals surface area contributed by atoms with Crippen LogP contribution in [0, 0.1) is 0 Å². The average Bonchev–Trinajstić information content (AvgIpc) is 2.26. The Hall–Kier alpha value is -1.62. The molecule has 0 aromatic carbocycles. The molecule has 82 valence electrons. The second-order valence-corrected chi connectivity index (χ2v) is 3.24. The van der Waals surface area contributed by atoms with E-state index < -0.39 is 0 Å². The number of nitrogens with one attached hydrogen (secondary N) is 2. The van der Waals surface area contributed by atoms with Gasteiger partial charge in [0, 0.05) is 25.2 Å². The zero-order valence-electron chi connectivity index (χ0n) is 8.90. The minimum absolute atomic E-state index is 0.201. The van der Waals surface area contributed by atoms with E-state index in [0.717, 1.165) is 11.6 Å². The van der Waals surface area contributed by atoms with Crippen molar-refractivity contribution in [1.29, 1.82) is 0 Å². The van der Waals surface area contributed by atoms with Gasteiger partial charge >= 0.3 is 0 Å². The molecule has 0 radical (unpaired) electrons. The molecule has 0 spiro atoms. The molecule has 0 amide bonds. The lowest BCUT2D eigenvalue weighted by molar-refractivity contribution is 0.797. The van der Waals surface area contributed by atoms with Gasteiger partial charge in [-0.05, 0) is 6.92 Å².